The molecule has 9 nitrogen and oxygen atoms in total. The molecule has 0 spiro atoms. The van der Waals surface area contributed by atoms with Crippen molar-refractivity contribution in [1.29, 1.82) is 0 Å². The van der Waals surface area contributed by atoms with Gasteiger partial charge in [0, 0.05) is 37.7 Å². The lowest BCUT2D eigenvalue weighted by Gasteiger charge is -2.31. The molecule has 4 rings (SSSR count). The van der Waals surface area contributed by atoms with Gasteiger partial charge in [-0.3, -0.25) is 24.4 Å². The Hall–Kier alpha value is -3.53. The van der Waals surface area contributed by atoms with Crippen LogP contribution in [0.3, 0.4) is 0 Å². The van der Waals surface area contributed by atoms with Gasteiger partial charge in [0.15, 0.2) is 5.58 Å². The lowest BCUT2D eigenvalue weighted by atomic mass is 9.96. The number of hydrogen-bond acceptors (Lipinski definition) is 6. The number of fused-ring (bicyclic) bond motifs is 1. The number of amides is 1. The Morgan fingerprint density at radius 1 is 1.22 bits per heavy atom. The first-order chi connectivity index (χ1) is 15.4. The molecule has 3 aromatic rings. The molecule has 32 heavy (non-hydrogen) atoms. The number of oxazole rings is 1. The van der Waals surface area contributed by atoms with Crippen LogP contribution in [0.1, 0.15) is 18.4 Å². The fourth-order valence-electron chi connectivity index (χ4n) is 4.00. The number of nitrogens with one attached hydrogen (secondary N) is 1. The Balaban J connectivity index is 1.31. The maximum absolute atomic E-state index is 13.7. The van der Waals surface area contributed by atoms with Crippen molar-refractivity contribution in [3.8, 4) is 0 Å². The zero-order valence-corrected chi connectivity index (χ0v) is 17.3. The molecule has 0 unspecified atom stereocenters. The number of benzene rings is 2. The van der Waals surface area contributed by atoms with Gasteiger partial charge in [-0.15, -0.1) is 0 Å². The summed E-state index contributed by atoms with van der Waals surface area (Å²) in [4.78, 5) is 37.2. The summed E-state index contributed by atoms with van der Waals surface area (Å²) in [5, 5.41) is 13.9. The molecule has 1 amide bonds. The van der Waals surface area contributed by atoms with E-state index in [2.05, 4.69) is 5.32 Å². The van der Waals surface area contributed by atoms with E-state index < -0.39 is 10.7 Å². The van der Waals surface area contributed by atoms with E-state index >= 15 is 0 Å². The summed E-state index contributed by atoms with van der Waals surface area (Å²) in [6.07, 6.45) is 1.67. The minimum absolute atomic E-state index is 0.0532. The molecule has 168 valence electrons. The van der Waals surface area contributed by atoms with Crippen molar-refractivity contribution in [2.24, 2.45) is 5.92 Å². The molecule has 0 saturated carbocycles. The lowest BCUT2D eigenvalue weighted by Crippen LogP contribution is -2.42. The number of hydrogen-bond donors (Lipinski definition) is 1. The molecule has 2 aromatic carbocycles. The van der Waals surface area contributed by atoms with Gasteiger partial charge in [0.2, 0.25) is 5.91 Å². The summed E-state index contributed by atoms with van der Waals surface area (Å²) in [7, 11) is 0. The molecule has 0 aliphatic carbocycles. The normalized spacial score (nSPS) is 15.2. The van der Waals surface area contributed by atoms with Crippen LogP contribution >= 0.6 is 0 Å². The van der Waals surface area contributed by atoms with Crippen LogP contribution in [0.4, 0.5) is 10.1 Å². The number of nitrogens with zero attached hydrogens (tertiary/aromatic N) is 3. The smallest absolute Gasteiger partial charge is 0.408 e. The van der Waals surface area contributed by atoms with Crippen molar-refractivity contribution in [3.63, 3.8) is 0 Å². The third-order valence-corrected chi connectivity index (χ3v) is 5.81. The monoisotopic (exact) mass is 442 g/mol. The van der Waals surface area contributed by atoms with Gasteiger partial charge in [0.05, 0.1) is 17.1 Å². The summed E-state index contributed by atoms with van der Waals surface area (Å²) in [5.74, 6) is -1.05. The molecule has 1 saturated heterocycles. The van der Waals surface area contributed by atoms with E-state index in [0.717, 1.165) is 0 Å². The highest BCUT2D eigenvalue weighted by Crippen LogP contribution is 2.22. The molecule has 10 heteroatoms. The number of rotatable bonds is 7. The average Bonchev–Trinajstić information content (AvgIpc) is 3.09. The topological polar surface area (TPSA) is 111 Å². The Morgan fingerprint density at radius 3 is 2.69 bits per heavy atom. The van der Waals surface area contributed by atoms with Gasteiger partial charge < -0.3 is 9.73 Å². The molecule has 0 radical (unpaired) electrons. The molecular formula is C22H23FN4O5. The third-order valence-electron chi connectivity index (χ3n) is 5.81. The molecule has 1 aliphatic heterocycles. The Bertz CT molecular complexity index is 1200. The van der Waals surface area contributed by atoms with E-state index in [1.807, 2.05) is 4.90 Å². The Kier molecular flexibility index (Phi) is 6.31. The highest BCUT2D eigenvalue weighted by atomic mass is 19.1. The van der Waals surface area contributed by atoms with Crippen molar-refractivity contribution >= 4 is 22.7 Å². The number of likely N-dealkylation sites (tertiary alicyclic amines) is 1. The van der Waals surface area contributed by atoms with Crippen molar-refractivity contribution in [2.45, 2.75) is 25.9 Å². The highest BCUT2D eigenvalue weighted by molar-refractivity contribution is 5.78. The summed E-state index contributed by atoms with van der Waals surface area (Å²) in [5.41, 5.74) is 1.13. The molecule has 1 aromatic heterocycles. The molecule has 1 N–H and O–H groups in total. The van der Waals surface area contributed by atoms with Crippen molar-refractivity contribution < 1.29 is 18.5 Å². The van der Waals surface area contributed by atoms with Crippen LogP contribution in [0.2, 0.25) is 0 Å². The number of aromatic nitrogens is 1. The van der Waals surface area contributed by atoms with Gasteiger partial charge in [-0.05, 0) is 37.0 Å². The maximum Gasteiger partial charge on any atom is 0.421 e. The minimum Gasteiger partial charge on any atom is -0.408 e. The minimum atomic E-state index is -0.575. The van der Waals surface area contributed by atoms with Crippen molar-refractivity contribution in [1.82, 2.24) is 14.8 Å². The summed E-state index contributed by atoms with van der Waals surface area (Å²) in [6, 6.07) is 10.6. The van der Waals surface area contributed by atoms with E-state index in [-0.39, 0.29) is 30.0 Å². The standard InChI is InChI=1S/C22H23FN4O5/c23-18-4-2-1-3-15(18)7-10-24-21(28)16-8-11-25(12-9-16)14-26-19-13-17(27(30)31)5-6-20(19)32-22(26)29/h1-6,13,16H,7-12,14H2,(H,24,28). The van der Waals surface area contributed by atoms with Gasteiger partial charge in [-0.2, -0.15) is 0 Å². The van der Waals surface area contributed by atoms with Gasteiger partial charge in [-0.25, -0.2) is 9.18 Å². The van der Waals surface area contributed by atoms with Crippen LogP contribution in [-0.2, 0) is 17.9 Å². The van der Waals surface area contributed by atoms with Crippen LogP contribution in [0.25, 0.3) is 11.1 Å². The zero-order valence-electron chi connectivity index (χ0n) is 17.3. The fraction of sp³-hybridized carbons (Fsp3) is 0.364. The average molecular weight is 442 g/mol. The number of nitro benzene ring substituents is 1. The third kappa shape index (κ3) is 4.70. The van der Waals surface area contributed by atoms with E-state index in [9.17, 15) is 24.1 Å². The number of carbonyl (C=O) groups is 1. The van der Waals surface area contributed by atoms with E-state index in [1.165, 1.54) is 28.8 Å². The van der Waals surface area contributed by atoms with Gasteiger partial charge in [0.1, 0.15) is 5.82 Å². The number of non-ortho nitro benzene ring substituents is 1. The lowest BCUT2D eigenvalue weighted by molar-refractivity contribution is -0.384. The second kappa shape index (κ2) is 9.31. The maximum atomic E-state index is 13.7. The summed E-state index contributed by atoms with van der Waals surface area (Å²) in [6.45, 7) is 1.79. The predicted octanol–water partition coefficient (Wildman–Crippen LogP) is 2.67. The second-order valence-corrected chi connectivity index (χ2v) is 7.87. The molecule has 1 fully saturated rings. The molecule has 0 atom stereocenters. The SMILES string of the molecule is O=C(NCCc1ccccc1F)C1CCN(Cn2c(=O)oc3ccc([N+](=O)[O-])cc32)CC1. The van der Waals surface area contributed by atoms with E-state index in [4.69, 9.17) is 4.42 Å². The Morgan fingerprint density at radius 2 is 1.97 bits per heavy atom. The first-order valence-electron chi connectivity index (χ1n) is 10.4. The van der Waals surface area contributed by atoms with Crippen LogP contribution in [0.15, 0.2) is 51.7 Å². The first kappa shape index (κ1) is 21.7. The summed E-state index contributed by atoms with van der Waals surface area (Å²) < 4.78 is 20.2. The first-order valence-corrected chi connectivity index (χ1v) is 10.4. The van der Waals surface area contributed by atoms with Crippen LogP contribution < -0.4 is 11.1 Å². The molecule has 2 heterocycles. The molecular weight excluding hydrogens is 419 g/mol. The second-order valence-electron chi connectivity index (χ2n) is 7.87. The van der Waals surface area contributed by atoms with Crippen LogP contribution in [0.5, 0.6) is 0 Å². The molecule has 1 aliphatic rings. The fourth-order valence-corrected chi connectivity index (χ4v) is 4.00. The van der Waals surface area contributed by atoms with Crippen LogP contribution in [0, 0.1) is 21.8 Å². The predicted molar refractivity (Wildman–Crippen MR) is 115 cm³/mol. The Labute approximate surface area is 182 Å². The quantitative estimate of drug-likeness (QED) is 0.445. The number of piperidine rings is 1. The van der Waals surface area contributed by atoms with Gasteiger partial charge in [0.25, 0.3) is 5.69 Å². The number of halogens is 1. The van der Waals surface area contributed by atoms with Crippen molar-refractivity contribution in [3.05, 3.63) is 74.5 Å². The molecule has 0 bridgehead atoms. The number of nitro groups is 1. The van der Waals surface area contributed by atoms with E-state index in [0.29, 0.717) is 55.6 Å². The zero-order chi connectivity index (χ0) is 22.7. The van der Waals surface area contributed by atoms with Crippen molar-refractivity contribution in [2.75, 3.05) is 19.6 Å². The van der Waals surface area contributed by atoms with Crippen LogP contribution in [-0.4, -0.2) is 39.9 Å². The number of carbonyl (C=O) groups excluding carboxylic acids is 1. The highest BCUT2D eigenvalue weighted by Gasteiger charge is 2.26. The van der Waals surface area contributed by atoms with Gasteiger partial charge in [-0.1, -0.05) is 18.2 Å². The van der Waals surface area contributed by atoms with Gasteiger partial charge >= 0.3 is 5.76 Å². The summed E-state index contributed by atoms with van der Waals surface area (Å²) >= 11 is 0. The largest absolute Gasteiger partial charge is 0.421 e. The van der Waals surface area contributed by atoms with E-state index in [1.54, 1.807) is 18.2 Å².